The average molecular weight is 326 g/mol. The van der Waals surface area contributed by atoms with Gasteiger partial charge in [0.05, 0.1) is 11.9 Å². The predicted octanol–water partition coefficient (Wildman–Crippen LogP) is 2.17. The summed E-state index contributed by atoms with van der Waals surface area (Å²) in [6.07, 6.45) is 7.51. The van der Waals surface area contributed by atoms with E-state index in [0.717, 1.165) is 12.8 Å². The molecule has 0 aliphatic rings. The highest BCUT2D eigenvalue weighted by Gasteiger charge is 2.09. The monoisotopic (exact) mass is 326 g/mol. The Morgan fingerprint density at radius 1 is 1.33 bits per heavy atom. The molecule has 0 spiro atoms. The first-order valence-electron chi connectivity index (χ1n) is 7.82. The fourth-order valence-electron chi connectivity index (χ4n) is 2.16. The van der Waals surface area contributed by atoms with Crippen LogP contribution in [0.2, 0.25) is 0 Å². The molecule has 3 aromatic rings. The van der Waals surface area contributed by atoms with Gasteiger partial charge in [-0.2, -0.15) is 10.1 Å². The van der Waals surface area contributed by atoms with Crippen molar-refractivity contribution in [2.75, 3.05) is 5.32 Å². The number of nitrogens with one attached hydrogen (secondary N) is 1. The molecule has 0 unspecified atom stereocenters. The van der Waals surface area contributed by atoms with Gasteiger partial charge in [-0.15, -0.1) is 0 Å². The van der Waals surface area contributed by atoms with Crippen molar-refractivity contribution in [2.45, 2.75) is 32.6 Å². The van der Waals surface area contributed by atoms with Gasteiger partial charge in [-0.05, 0) is 24.6 Å². The Morgan fingerprint density at radius 3 is 2.96 bits per heavy atom. The Hall–Kier alpha value is -3.03. The molecule has 0 fully saturated rings. The van der Waals surface area contributed by atoms with Gasteiger partial charge in [0.15, 0.2) is 11.6 Å². The number of nitrogens with zero attached hydrogens (tertiary/aromatic N) is 5. The zero-order valence-corrected chi connectivity index (χ0v) is 13.3. The smallest absolute Gasteiger partial charge is 0.227 e. The van der Waals surface area contributed by atoms with Crippen molar-refractivity contribution in [2.24, 2.45) is 0 Å². The summed E-state index contributed by atoms with van der Waals surface area (Å²) in [7, 11) is 0. The molecular formula is C16H18N6O2. The second-order valence-corrected chi connectivity index (χ2v) is 5.26. The van der Waals surface area contributed by atoms with Gasteiger partial charge >= 0.3 is 0 Å². The van der Waals surface area contributed by atoms with Crippen molar-refractivity contribution in [1.29, 1.82) is 0 Å². The van der Waals surface area contributed by atoms with Crippen LogP contribution in [0.25, 0.3) is 5.82 Å². The molecule has 0 bridgehead atoms. The van der Waals surface area contributed by atoms with Gasteiger partial charge in [0.1, 0.15) is 0 Å². The summed E-state index contributed by atoms with van der Waals surface area (Å²) in [5.74, 6) is 1.73. The molecule has 3 heterocycles. The van der Waals surface area contributed by atoms with Crippen LogP contribution in [0.4, 0.5) is 5.69 Å². The Balaban J connectivity index is 1.51. The van der Waals surface area contributed by atoms with E-state index < -0.39 is 0 Å². The fourth-order valence-corrected chi connectivity index (χ4v) is 2.16. The van der Waals surface area contributed by atoms with Crippen molar-refractivity contribution in [3.05, 3.63) is 48.5 Å². The minimum atomic E-state index is -0.126. The Labute approximate surface area is 138 Å². The normalized spacial score (nSPS) is 10.7. The van der Waals surface area contributed by atoms with Crippen molar-refractivity contribution >= 4 is 11.6 Å². The third-order valence-corrected chi connectivity index (χ3v) is 3.32. The van der Waals surface area contributed by atoms with Crippen molar-refractivity contribution < 1.29 is 9.32 Å². The molecule has 0 saturated carbocycles. The lowest BCUT2D eigenvalue weighted by Crippen LogP contribution is -2.13. The molecule has 3 aromatic heterocycles. The SMILES string of the molecule is CCCc1noc(CCC(=O)Nc2ccc(-n3cccn3)nc2)n1. The van der Waals surface area contributed by atoms with Crippen molar-refractivity contribution in [3.8, 4) is 5.82 Å². The summed E-state index contributed by atoms with van der Waals surface area (Å²) in [5, 5.41) is 10.8. The van der Waals surface area contributed by atoms with Crippen LogP contribution < -0.4 is 5.32 Å². The molecular weight excluding hydrogens is 308 g/mol. The van der Waals surface area contributed by atoms with E-state index in [4.69, 9.17) is 4.52 Å². The van der Waals surface area contributed by atoms with E-state index in [0.29, 0.717) is 29.6 Å². The maximum absolute atomic E-state index is 12.0. The van der Waals surface area contributed by atoms with E-state index >= 15 is 0 Å². The maximum atomic E-state index is 12.0. The first kappa shape index (κ1) is 15.9. The maximum Gasteiger partial charge on any atom is 0.227 e. The van der Waals surface area contributed by atoms with Crippen LogP contribution in [0, 0.1) is 0 Å². The molecule has 0 saturated heterocycles. The number of anilines is 1. The number of hydrogen-bond acceptors (Lipinski definition) is 6. The molecule has 0 atom stereocenters. The number of rotatable bonds is 7. The predicted molar refractivity (Wildman–Crippen MR) is 86.6 cm³/mol. The Morgan fingerprint density at radius 2 is 2.25 bits per heavy atom. The summed E-state index contributed by atoms with van der Waals surface area (Å²) in [4.78, 5) is 20.5. The van der Waals surface area contributed by atoms with E-state index in [-0.39, 0.29) is 12.3 Å². The topological polar surface area (TPSA) is 98.7 Å². The summed E-state index contributed by atoms with van der Waals surface area (Å²) in [5.41, 5.74) is 0.633. The van der Waals surface area contributed by atoms with Crippen molar-refractivity contribution in [1.82, 2.24) is 24.9 Å². The zero-order valence-electron chi connectivity index (χ0n) is 13.3. The molecule has 8 nitrogen and oxygen atoms in total. The quantitative estimate of drug-likeness (QED) is 0.714. The highest BCUT2D eigenvalue weighted by molar-refractivity contribution is 5.90. The number of carbonyl (C=O) groups is 1. The van der Waals surface area contributed by atoms with Crippen LogP contribution in [0.15, 0.2) is 41.3 Å². The van der Waals surface area contributed by atoms with Gasteiger partial charge in [0, 0.05) is 31.7 Å². The standard InChI is InChI=1S/C16H18N6O2/c1-2-4-13-20-16(24-21-13)8-7-15(23)19-12-5-6-14(17-11-12)22-10-3-9-18-22/h3,5-6,9-11H,2,4,7-8H2,1H3,(H,19,23). The Kier molecular flexibility index (Phi) is 4.95. The Bertz CT molecular complexity index is 779. The van der Waals surface area contributed by atoms with Crippen LogP contribution in [0.5, 0.6) is 0 Å². The van der Waals surface area contributed by atoms with E-state index in [1.807, 2.05) is 6.07 Å². The molecule has 0 aromatic carbocycles. The molecule has 1 amide bonds. The number of aryl methyl sites for hydroxylation is 2. The minimum Gasteiger partial charge on any atom is -0.339 e. The molecule has 1 N–H and O–H groups in total. The van der Waals surface area contributed by atoms with Crippen LogP contribution >= 0.6 is 0 Å². The summed E-state index contributed by atoms with van der Waals surface area (Å²) >= 11 is 0. The van der Waals surface area contributed by atoms with Crippen LogP contribution in [-0.4, -0.2) is 30.8 Å². The van der Waals surface area contributed by atoms with Gasteiger partial charge in [0.2, 0.25) is 11.8 Å². The number of pyridine rings is 1. The van der Waals surface area contributed by atoms with E-state index in [2.05, 4.69) is 32.5 Å². The third-order valence-electron chi connectivity index (χ3n) is 3.32. The lowest BCUT2D eigenvalue weighted by atomic mass is 10.3. The van der Waals surface area contributed by atoms with Crippen molar-refractivity contribution in [3.63, 3.8) is 0 Å². The number of carbonyl (C=O) groups excluding carboxylic acids is 1. The van der Waals surface area contributed by atoms with Crippen LogP contribution in [0.3, 0.4) is 0 Å². The summed E-state index contributed by atoms with van der Waals surface area (Å²) in [6, 6.07) is 5.40. The molecule has 0 aliphatic heterocycles. The largest absolute Gasteiger partial charge is 0.339 e. The second kappa shape index (κ2) is 7.49. The summed E-state index contributed by atoms with van der Waals surface area (Å²) < 4.78 is 6.76. The van der Waals surface area contributed by atoms with Gasteiger partial charge in [0.25, 0.3) is 0 Å². The van der Waals surface area contributed by atoms with Gasteiger partial charge in [-0.1, -0.05) is 12.1 Å². The number of aromatic nitrogens is 5. The number of amides is 1. The van der Waals surface area contributed by atoms with E-state index in [1.54, 1.807) is 35.4 Å². The zero-order chi connectivity index (χ0) is 16.8. The fraction of sp³-hybridized carbons (Fsp3) is 0.312. The molecule has 3 rings (SSSR count). The molecule has 0 aliphatic carbocycles. The lowest BCUT2D eigenvalue weighted by molar-refractivity contribution is -0.116. The highest BCUT2D eigenvalue weighted by atomic mass is 16.5. The highest BCUT2D eigenvalue weighted by Crippen LogP contribution is 2.10. The third kappa shape index (κ3) is 4.03. The first-order valence-corrected chi connectivity index (χ1v) is 7.82. The molecule has 8 heteroatoms. The van der Waals surface area contributed by atoms with E-state index in [1.165, 1.54) is 0 Å². The van der Waals surface area contributed by atoms with Crippen LogP contribution in [-0.2, 0) is 17.6 Å². The van der Waals surface area contributed by atoms with Gasteiger partial charge in [-0.3, -0.25) is 4.79 Å². The molecule has 124 valence electrons. The summed E-state index contributed by atoms with van der Waals surface area (Å²) in [6.45, 7) is 2.05. The van der Waals surface area contributed by atoms with Crippen LogP contribution in [0.1, 0.15) is 31.5 Å². The molecule has 24 heavy (non-hydrogen) atoms. The van der Waals surface area contributed by atoms with E-state index in [9.17, 15) is 4.79 Å². The molecule has 0 radical (unpaired) electrons. The first-order chi connectivity index (χ1) is 11.7. The lowest BCUT2D eigenvalue weighted by Gasteiger charge is -2.05. The average Bonchev–Trinajstić information content (AvgIpc) is 3.26. The number of hydrogen-bond donors (Lipinski definition) is 1. The van der Waals surface area contributed by atoms with Gasteiger partial charge < -0.3 is 9.84 Å². The van der Waals surface area contributed by atoms with Gasteiger partial charge in [-0.25, -0.2) is 9.67 Å². The second-order valence-electron chi connectivity index (χ2n) is 5.26. The minimum absolute atomic E-state index is 0.126.